The molecule has 0 atom stereocenters. The molecule has 64 heavy (non-hydrogen) atoms. The summed E-state index contributed by atoms with van der Waals surface area (Å²) >= 11 is 24.4. The van der Waals surface area contributed by atoms with E-state index in [9.17, 15) is 26.3 Å². The monoisotopic (exact) mass is 1100 g/mol. The van der Waals surface area contributed by atoms with Gasteiger partial charge in [-0.3, -0.25) is 4.98 Å². The van der Waals surface area contributed by atoms with E-state index in [4.69, 9.17) is 77.6 Å². The minimum Gasteiger partial charge on any atom is -0.741 e. The number of fused-ring (bicyclic) bond motifs is 3. The molecule has 8 aromatic rings. The second-order valence-corrected chi connectivity index (χ2v) is 16.2. The van der Waals surface area contributed by atoms with Crippen LogP contribution in [0.2, 0.25) is 20.1 Å². The van der Waals surface area contributed by atoms with E-state index in [0.717, 1.165) is 10.9 Å². The van der Waals surface area contributed by atoms with Crippen LogP contribution in [0.25, 0.3) is 21.7 Å². The van der Waals surface area contributed by atoms with Crippen molar-refractivity contribution in [1.82, 2.24) is 48.7 Å². The van der Waals surface area contributed by atoms with Gasteiger partial charge in [-0.25, -0.2) is 37.2 Å². The summed E-state index contributed by atoms with van der Waals surface area (Å²) < 4.78 is 124. The summed E-state index contributed by atoms with van der Waals surface area (Å²) in [6, 6.07) is 22.8. The van der Waals surface area contributed by atoms with Crippen LogP contribution in [0.3, 0.4) is 0 Å². The van der Waals surface area contributed by atoms with Crippen molar-refractivity contribution >= 4 is 95.0 Å². The number of hydrogen-bond donors (Lipinski definition) is 0. The Balaban J connectivity index is 0.000000236. The molecule has 17 nitrogen and oxygen atoms in total. The van der Waals surface area contributed by atoms with Gasteiger partial charge in [-0.15, -0.1) is 35.0 Å². The average molecular weight is 1100 g/mol. The smallest absolute Gasteiger partial charge is 0.485 e. The molecule has 0 saturated carbocycles. The van der Waals surface area contributed by atoms with Gasteiger partial charge >= 0.3 is 17.7 Å². The van der Waals surface area contributed by atoms with Crippen LogP contribution in [0.15, 0.2) is 123 Å². The number of benzene rings is 2. The van der Waals surface area contributed by atoms with Gasteiger partial charge in [0.2, 0.25) is 0 Å². The van der Waals surface area contributed by atoms with Crippen molar-refractivity contribution in [3.63, 3.8) is 0 Å². The van der Waals surface area contributed by atoms with E-state index in [1.54, 1.807) is 67.7 Å². The molecule has 0 aliphatic rings. The van der Waals surface area contributed by atoms with E-state index in [1.165, 1.54) is 35.6 Å². The zero-order valence-electron chi connectivity index (χ0n) is 30.9. The summed E-state index contributed by atoms with van der Waals surface area (Å²) in [6.45, 7) is -2.25. The molecule has 2 aromatic carbocycles. The first kappa shape index (κ1) is 53.2. The van der Waals surface area contributed by atoms with Gasteiger partial charge in [-0.1, -0.05) is 64.6 Å². The van der Waals surface area contributed by atoms with Crippen LogP contribution in [0.4, 0.5) is 26.3 Å². The Morgan fingerprint density at radius 1 is 0.625 bits per heavy atom. The fourth-order valence-corrected chi connectivity index (χ4v) is 5.48. The van der Waals surface area contributed by atoms with Crippen LogP contribution in [0.5, 0.6) is 0 Å². The predicted molar refractivity (Wildman–Crippen MR) is 215 cm³/mol. The minimum absolute atomic E-state index is 0. The molecule has 342 valence electrons. The van der Waals surface area contributed by atoms with Crippen molar-refractivity contribution in [2.24, 2.45) is 0 Å². The maximum atomic E-state index is 10.7. The molecule has 0 amide bonds. The average Bonchev–Trinajstić information content (AvgIpc) is 4.05. The second kappa shape index (κ2) is 22.2. The maximum Gasteiger partial charge on any atom is 0.485 e. The zero-order chi connectivity index (χ0) is 46.8. The number of alkyl halides is 6. The Morgan fingerprint density at radius 3 is 1.33 bits per heavy atom. The number of rotatable bonds is 4. The van der Waals surface area contributed by atoms with Gasteiger partial charge in [0.15, 0.2) is 20.2 Å². The van der Waals surface area contributed by atoms with E-state index in [-0.39, 0.29) is 20.4 Å². The van der Waals surface area contributed by atoms with E-state index >= 15 is 0 Å². The summed E-state index contributed by atoms with van der Waals surface area (Å²) in [7, 11) is -12.2. The number of nitriles is 1. The van der Waals surface area contributed by atoms with Gasteiger partial charge in [-0.2, -0.15) is 31.6 Å². The Morgan fingerprint density at radius 2 is 1.00 bits per heavy atom. The molecule has 0 saturated heterocycles. The molecule has 6 heterocycles. The predicted octanol–water partition coefficient (Wildman–Crippen LogP) is 7.26. The Hall–Kier alpha value is -5.12. The van der Waals surface area contributed by atoms with Crippen LogP contribution in [-0.4, -0.2) is 92.4 Å². The van der Waals surface area contributed by atoms with E-state index < -0.39 is 37.9 Å². The van der Waals surface area contributed by atoms with Crippen LogP contribution >= 0.6 is 46.4 Å². The topological polar surface area (TPSA) is 235 Å². The summed E-state index contributed by atoms with van der Waals surface area (Å²) in [5.74, 6) is 0. The number of pyridine rings is 2. The number of halogens is 10. The fourth-order valence-electron chi connectivity index (χ4n) is 4.91. The van der Waals surface area contributed by atoms with Crippen molar-refractivity contribution in [2.75, 3.05) is 0 Å². The summed E-state index contributed by atoms with van der Waals surface area (Å²) in [5, 5.41) is 30.8. The number of aromatic nitrogens is 10. The first-order valence-electron chi connectivity index (χ1n) is 16.3. The molecule has 0 fully saturated rings. The second-order valence-electron chi connectivity index (χ2n) is 11.7. The van der Waals surface area contributed by atoms with Gasteiger partial charge in [0.25, 0.3) is 0 Å². The number of hydrogen-bond acceptors (Lipinski definition) is 13. The summed E-state index contributed by atoms with van der Waals surface area (Å²) in [4.78, 5) is 8.12. The van der Waals surface area contributed by atoms with Crippen molar-refractivity contribution in [1.29, 1.82) is 5.26 Å². The molecule has 0 aliphatic heterocycles. The normalized spacial score (nSPS) is 11.5. The van der Waals surface area contributed by atoms with Crippen molar-refractivity contribution in [2.45, 2.75) is 11.0 Å². The van der Waals surface area contributed by atoms with Gasteiger partial charge in [-0.05, 0) is 29.1 Å². The third kappa shape index (κ3) is 13.7. The van der Waals surface area contributed by atoms with Crippen LogP contribution in [-0.2, 0) is 40.7 Å². The third-order valence-electron chi connectivity index (χ3n) is 7.48. The molecule has 0 N–H and O–H groups in total. The van der Waals surface area contributed by atoms with Crippen molar-refractivity contribution in [3.8, 4) is 6.07 Å². The summed E-state index contributed by atoms with van der Waals surface area (Å²) in [5.41, 5.74) is -9.61. The molecule has 8 rings (SSSR count). The van der Waals surface area contributed by atoms with E-state index in [0.29, 0.717) is 25.7 Å². The van der Waals surface area contributed by atoms with E-state index in [2.05, 4.69) is 60.7 Å². The molecule has 0 radical (unpaired) electrons. The molecule has 0 aliphatic carbocycles. The van der Waals surface area contributed by atoms with Crippen molar-refractivity contribution in [3.05, 3.63) is 154 Å². The fraction of sp³-hybridized carbons (Fsp3) is 0.0606. The van der Waals surface area contributed by atoms with Crippen LogP contribution < -0.4 is 0 Å². The molecule has 6 aromatic heterocycles. The molecule has 0 spiro atoms. The van der Waals surface area contributed by atoms with Gasteiger partial charge in [0.1, 0.15) is 0 Å². The quantitative estimate of drug-likeness (QED) is 0.0422. The Labute approximate surface area is 390 Å². The molecule has 0 bridgehead atoms. The molecule has 0 unspecified atom stereocenters. The Bertz CT molecular complexity index is 2800. The first-order chi connectivity index (χ1) is 29.4. The largest absolute Gasteiger partial charge is 0.741 e. The van der Waals surface area contributed by atoms with Gasteiger partial charge in [0, 0.05) is 63.8 Å². The Kier molecular flexibility index (Phi) is 18.4. The zero-order valence-corrected chi connectivity index (χ0v) is 37.1. The summed E-state index contributed by atoms with van der Waals surface area (Å²) in [6.07, 6.45) is 17.5. The molecule has 31 heteroatoms. The minimum atomic E-state index is -6.09. The number of nitrogens with zero attached hydrogens (tertiary/aromatic N) is 11. The maximum absolute atomic E-state index is 10.7. The van der Waals surface area contributed by atoms with Crippen LogP contribution in [0, 0.1) is 17.4 Å². The third-order valence-corrected chi connectivity index (χ3v) is 9.40. The van der Waals surface area contributed by atoms with Crippen LogP contribution in [0.1, 0.15) is 5.56 Å². The van der Waals surface area contributed by atoms with Gasteiger partial charge in [0.05, 0.1) is 56.5 Å². The first-order valence-corrected chi connectivity index (χ1v) is 20.7. The van der Waals surface area contributed by atoms with E-state index in [1.807, 2.05) is 30.5 Å². The SMILES string of the molecule is Clc1cnn([B-](n2cc(Cl)cn2)(n2cc(Cl)cn2)n2cc(Cl)cn2)c1.N#Cc1ccncc1.O=S(=O)([O-])C(F)(F)F.O=S(=O)([O-])C(F)(F)F.[Pd].[c-]1cccc2ccc3cccnc3c12. The molecular weight excluding hydrogens is 1080 g/mol. The molecular formula is C33H20BCl4F6N11O6PdS2-4. The standard InChI is InChI=1S/C13H8N.C12H8BCl4N8.C6H4N2.2CHF3O3S.Pd/c1-2-6-12-10(4-1)7-8-11-5-3-9-14-13(11)12;14-9-1-18-22(5-9)13(23-6-10(15)2-19-23,24-7-11(16)3-20-24)25-8-12(17)4-21-25;7-5-6-1-3-8-4-2-6;2*2-1(3,4)8(5,6)7;/h1-5,7-9H;1-8H;1-4H;2*(H,5,6,7);/q2*-1;;;;/p-2. The van der Waals surface area contributed by atoms with Crippen molar-refractivity contribution < 1.29 is 72.7 Å². The van der Waals surface area contributed by atoms with Gasteiger partial charge < -0.3 is 32.5 Å².